The fraction of sp³-hybridized carbons (Fsp3) is 0.250. The molecule has 0 heterocycles. The summed E-state index contributed by atoms with van der Waals surface area (Å²) in [5.74, 6) is 0. The molecule has 0 amide bonds. The summed E-state index contributed by atoms with van der Waals surface area (Å²) in [6, 6.07) is 19.1. The highest BCUT2D eigenvalue weighted by Crippen LogP contribution is 2.21. The Morgan fingerprint density at radius 3 is 2.33 bits per heavy atom. The number of para-hydroxylation sites is 1. The molecule has 0 saturated carbocycles. The first-order valence-electron chi connectivity index (χ1n) is 6.34. The first kappa shape index (κ1) is 12.7. The van der Waals surface area contributed by atoms with Gasteiger partial charge in [0.2, 0.25) is 0 Å². The number of nitrogens with zero attached hydrogens (tertiary/aromatic N) is 1. The van der Waals surface area contributed by atoms with Crippen LogP contribution in [0.4, 0.5) is 5.69 Å². The lowest BCUT2D eigenvalue weighted by Crippen LogP contribution is -2.25. The highest BCUT2D eigenvalue weighted by atomic mass is 15.1. The highest BCUT2D eigenvalue weighted by molar-refractivity contribution is 5.54. The molecule has 2 aromatic carbocycles. The van der Waals surface area contributed by atoms with Crippen LogP contribution in [0.1, 0.15) is 11.1 Å². The Kier molecular flexibility index (Phi) is 4.37. The molecule has 0 radical (unpaired) electrons. The van der Waals surface area contributed by atoms with E-state index in [1.807, 2.05) is 0 Å². The van der Waals surface area contributed by atoms with Gasteiger partial charge < -0.3 is 10.6 Å². The van der Waals surface area contributed by atoms with Gasteiger partial charge in [-0.15, -0.1) is 0 Å². The van der Waals surface area contributed by atoms with E-state index in [-0.39, 0.29) is 0 Å². The second kappa shape index (κ2) is 6.22. The van der Waals surface area contributed by atoms with Crippen molar-refractivity contribution in [2.75, 3.05) is 25.0 Å². The van der Waals surface area contributed by atoms with Crippen molar-refractivity contribution in [2.45, 2.75) is 6.42 Å². The third-order valence-electron chi connectivity index (χ3n) is 3.10. The number of likely N-dealkylation sites (N-methyl/N-ethyl adjacent to an activating group) is 1. The minimum atomic E-state index is 0.677. The summed E-state index contributed by atoms with van der Waals surface area (Å²) in [4.78, 5) is 2.22. The molecule has 0 aliphatic heterocycles. The molecule has 2 nitrogen and oxygen atoms in total. The standard InChI is InChI=1S/C16H20N2/c1-18(12-11-17)16-10-6-5-9-15(16)13-14-7-3-2-4-8-14/h2-10H,11-13,17H2,1H3. The fourth-order valence-electron chi connectivity index (χ4n) is 2.16. The van der Waals surface area contributed by atoms with Crippen LogP contribution >= 0.6 is 0 Å². The predicted molar refractivity (Wildman–Crippen MR) is 78.0 cm³/mol. The largest absolute Gasteiger partial charge is 0.373 e. The van der Waals surface area contributed by atoms with Crippen LogP contribution in [0.15, 0.2) is 54.6 Å². The minimum absolute atomic E-state index is 0.677. The molecule has 18 heavy (non-hydrogen) atoms. The van der Waals surface area contributed by atoms with E-state index < -0.39 is 0 Å². The van der Waals surface area contributed by atoms with E-state index in [1.54, 1.807) is 0 Å². The van der Waals surface area contributed by atoms with E-state index in [9.17, 15) is 0 Å². The zero-order valence-electron chi connectivity index (χ0n) is 10.8. The van der Waals surface area contributed by atoms with Crippen molar-refractivity contribution in [3.63, 3.8) is 0 Å². The molecular formula is C16H20N2. The molecule has 2 rings (SSSR count). The molecule has 0 aliphatic rings. The Bertz CT molecular complexity index is 479. The smallest absolute Gasteiger partial charge is 0.0400 e. The van der Waals surface area contributed by atoms with Gasteiger partial charge in [0.1, 0.15) is 0 Å². The lowest BCUT2D eigenvalue weighted by molar-refractivity contribution is 0.878. The maximum absolute atomic E-state index is 5.63. The Morgan fingerprint density at radius 1 is 0.944 bits per heavy atom. The van der Waals surface area contributed by atoms with E-state index >= 15 is 0 Å². The first-order valence-corrected chi connectivity index (χ1v) is 6.34. The molecule has 2 N–H and O–H groups in total. The van der Waals surface area contributed by atoms with Crippen LogP contribution in [-0.2, 0) is 6.42 Å². The summed E-state index contributed by atoms with van der Waals surface area (Å²) in [6.07, 6.45) is 0.964. The predicted octanol–water partition coefficient (Wildman–Crippen LogP) is 2.67. The molecular weight excluding hydrogens is 220 g/mol. The van der Waals surface area contributed by atoms with E-state index in [2.05, 4.69) is 66.5 Å². The van der Waals surface area contributed by atoms with Gasteiger partial charge >= 0.3 is 0 Å². The minimum Gasteiger partial charge on any atom is -0.373 e. The molecule has 2 heteroatoms. The van der Waals surface area contributed by atoms with Gasteiger partial charge in [-0.3, -0.25) is 0 Å². The van der Waals surface area contributed by atoms with Gasteiger partial charge in [0.05, 0.1) is 0 Å². The molecule has 94 valence electrons. The average Bonchev–Trinajstić information content (AvgIpc) is 2.41. The van der Waals surface area contributed by atoms with Gasteiger partial charge in [0.25, 0.3) is 0 Å². The third kappa shape index (κ3) is 3.11. The van der Waals surface area contributed by atoms with Crippen LogP contribution < -0.4 is 10.6 Å². The molecule has 0 aromatic heterocycles. The number of hydrogen-bond acceptors (Lipinski definition) is 2. The monoisotopic (exact) mass is 240 g/mol. The Hall–Kier alpha value is -1.80. The number of hydrogen-bond donors (Lipinski definition) is 1. The zero-order valence-corrected chi connectivity index (χ0v) is 10.8. The summed E-state index contributed by atoms with van der Waals surface area (Å²) < 4.78 is 0. The fourth-order valence-corrected chi connectivity index (χ4v) is 2.16. The van der Waals surface area contributed by atoms with Crippen LogP contribution in [0.25, 0.3) is 0 Å². The van der Waals surface area contributed by atoms with Gasteiger partial charge in [-0.25, -0.2) is 0 Å². The third-order valence-corrected chi connectivity index (χ3v) is 3.10. The zero-order chi connectivity index (χ0) is 12.8. The molecule has 0 aliphatic carbocycles. The summed E-state index contributed by atoms with van der Waals surface area (Å²) in [5.41, 5.74) is 9.58. The SMILES string of the molecule is CN(CCN)c1ccccc1Cc1ccccc1. The van der Waals surface area contributed by atoms with Gasteiger partial charge in [-0.05, 0) is 23.6 Å². The van der Waals surface area contributed by atoms with Gasteiger partial charge in [-0.1, -0.05) is 48.5 Å². The Labute approximate surface area is 109 Å². The normalized spacial score (nSPS) is 10.3. The quantitative estimate of drug-likeness (QED) is 0.870. The van der Waals surface area contributed by atoms with Crippen molar-refractivity contribution in [2.24, 2.45) is 5.73 Å². The lowest BCUT2D eigenvalue weighted by Gasteiger charge is -2.21. The van der Waals surface area contributed by atoms with Gasteiger partial charge in [0.15, 0.2) is 0 Å². The van der Waals surface area contributed by atoms with Gasteiger partial charge in [0, 0.05) is 25.8 Å². The molecule has 0 atom stereocenters. The molecule has 2 aromatic rings. The Morgan fingerprint density at radius 2 is 1.61 bits per heavy atom. The van der Waals surface area contributed by atoms with Crippen molar-refractivity contribution in [3.05, 3.63) is 65.7 Å². The first-order chi connectivity index (χ1) is 8.81. The van der Waals surface area contributed by atoms with E-state index in [0.717, 1.165) is 13.0 Å². The highest BCUT2D eigenvalue weighted by Gasteiger charge is 2.06. The topological polar surface area (TPSA) is 29.3 Å². The van der Waals surface area contributed by atoms with E-state index in [1.165, 1.54) is 16.8 Å². The molecule has 0 fully saturated rings. The van der Waals surface area contributed by atoms with Crippen molar-refractivity contribution < 1.29 is 0 Å². The van der Waals surface area contributed by atoms with Crippen molar-refractivity contribution in [3.8, 4) is 0 Å². The summed E-state index contributed by atoms with van der Waals surface area (Å²) in [6.45, 7) is 1.56. The average molecular weight is 240 g/mol. The summed E-state index contributed by atoms with van der Waals surface area (Å²) >= 11 is 0. The Balaban J connectivity index is 2.22. The lowest BCUT2D eigenvalue weighted by atomic mass is 10.0. The van der Waals surface area contributed by atoms with E-state index in [0.29, 0.717) is 6.54 Å². The number of nitrogens with two attached hydrogens (primary N) is 1. The van der Waals surface area contributed by atoms with Crippen molar-refractivity contribution in [1.82, 2.24) is 0 Å². The molecule has 0 unspecified atom stereocenters. The molecule has 0 saturated heterocycles. The van der Waals surface area contributed by atoms with Crippen LogP contribution in [0.2, 0.25) is 0 Å². The number of rotatable bonds is 5. The summed E-state index contributed by atoms with van der Waals surface area (Å²) in [7, 11) is 2.09. The maximum Gasteiger partial charge on any atom is 0.0400 e. The van der Waals surface area contributed by atoms with E-state index in [4.69, 9.17) is 5.73 Å². The maximum atomic E-state index is 5.63. The van der Waals surface area contributed by atoms with Gasteiger partial charge in [-0.2, -0.15) is 0 Å². The van der Waals surface area contributed by atoms with Crippen LogP contribution in [0.3, 0.4) is 0 Å². The number of benzene rings is 2. The molecule has 0 bridgehead atoms. The second-order valence-electron chi connectivity index (χ2n) is 4.50. The number of anilines is 1. The van der Waals surface area contributed by atoms with Crippen LogP contribution in [0, 0.1) is 0 Å². The van der Waals surface area contributed by atoms with Crippen molar-refractivity contribution in [1.29, 1.82) is 0 Å². The van der Waals surface area contributed by atoms with Crippen LogP contribution in [-0.4, -0.2) is 20.1 Å². The van der Waals surface area contributed by atoms with Crippen LogP contribution in [0.5, 0.6) is 0 Å². The van der Waals surface area contributed by atoms with Crippen molar-refractivity contribution >= 4 is 5.69 Å². The second-order valence-corrected chi connectivity index (χ2v) is 4.50. The molecule has 0 spiro atoms. The summed E-state index contributed by atoms with van der Waals surface area (Å²) in [5, 5.41) is 0.